The van der Waals surface area contributed by atoms with Crippen LogP contribution in [0.2, 0.25) is 0 Å². The van der Waals surface area contributed by atoms with Crippen molar-refractivity contribution in [2.24, 2.45) is 5.92 Å². The summed E-state index contributed by atoms with van der Waals surface area (Å²) in [4.78, 5) is 27.1. The Hall–Kier alpha value is -3.50. The molecular weight excluding hydrogens is 648 g/mol. The van der Waals surface area contributed by atoms with Gasteiger partial charge in [-0.15, -0.1) is 21.8 Å². The van der Waals surface area contributed by atoms with Gasteiger partial charge >= 0.3 is 12.1 Å². The Kier molecular flexibility index (Phi) is 8.55. The van der Waals surface area contributed by atoms with Crippen LogP contribution in [0.15, 0.2) is 51.8 Å². The molecule has 43 heavy (non-hydrogen) atoms. The van der Waals surface area contributed by atoms with Gasteiger partial charge in [0, 0.05) is 12.1 Å². The average molecular weight is 669 g/mol. The Bertz CT molecular complexity index is 1560. The molecule has 1 saturated carbocycles. The lowest BCUT2D eigenvalue weighted by molar-refractivity contribution is -0.292. The van der Waals surface area contributed by atoms with Crippen molar-refractivity contribution in [2.75, 3.05) is 6.54 Å². The van der Waals surface area contributed by atoms with Gasteiger partial charge in [-0.05, 0) is 60.9 Å². The van der Waals surface area contributed by atoms with Crippen molar-refractivity contribution >= 4 is 46.6 Å². The third-order valence-corrected chi connectivity index (χ3v) is 7.48. The summed E-state index contributed by atoms with van der Waals surface area (Å²) < 4.78 is 66.7. The molecule has 2 aliphatic carbocycles. The fraction of sp³-hybridized carbons (Fsp3) is 0.417. The first kappa shape index (κ1) is 30.9. The average Bonchev–Trinajstić information content (AvgIpc) is 3.48. The zero-order valence-electron chi connectivity index (χ0n) is 21.7. The topological polar surface area (TPSA) is 132 Å². The molecule has 0 bridgehead atoms. The van der Waals surface area contributed by atoms with Crippen molar-refractivity contribution in [1.82, 2.24) is 45.9 Å². The van der Waals surface area contributed by atoms with E-state index in [1.54, 1.807) is 6.08 Å². The van der Waals surface area contributed by atoms with E-state index in [2.05, 4.69) is 36.5 Å². The molecule has 230 valence electrons. The second-order valence-corrected chi connectivity index (χ2v) is 11.3. The molecule has 0 radical (unpaired) electrons. The largest absolute Gasteiger partial charge is 0.461 e. The lowest BCUT2D eigenvalue weighted by atomic mass is 10.00. The van der Waals surface area contributed by atoms with E-state index in [1.165, 1.54) is 24.4 Å². The number of alkyl halides is 6. The van der Waals surface area contributed by atoms with Crippen molar-refractivity contribution in [2.45, 2.75) is 49.4 Å². The minimum atomic E-state index is -5.93. The van der Waals surface area contributed by atoms with Crippen LogP contribution in [0.3, 0.4) is 0 Å². The fourth-order valence-corrected chi connectivity index (χ4v) is 5.05. The lowest BCUT2D eigenvalue weighted by Crippen LogP contribution is -2.36. The minimum absolute atomic E-state index is 0.0206. The van der Waals surface area contributed by atoms with Crippen molar-refractivity contribution < 1.29 is 31.5 Å². The molecule has 3 heterocycles. The Morgan fingerprint density at radius 3 is 2.53 bits per heavy atom. The fourth-order valence-electron chi connectivity index (χ4n) is 4.17. The van der Waals surface area contributed by atoms with Gasteiger partial charge in [0.15, 0.2) is 6.17 Å². The van der Waals surface area contributed by atoms with Gasteiger partial charge < -0.3 is 16.0 Å². The highest BCUT2D eigenvalue weighted by molar-refractivity contribution is 6.34. The highest BCUT2D eigenvalue weighted by Crippen LogP contribution is 2.42. The number of tetrazole rings is 1. The number of carbonyl (C=O) groups is 2. The molecule has 5 rings (SSSR count). The van der Waals surface area contributed by atoms with Crippen molar-refractivity contribution in [3.63, 3.8) is 0 Å². The summed E-state index contributed by atoms with van der Waals surface area (Å²) in [6.07, 6.45) is 1.37. The number of carbonyl (C=O) groups excluding carboxylic acids is 2. The van der Waals surface area contributed by atoms with E-state index in [-0.39, 0.29) is 39.1 Å². The van der Waals surface area contributed by atoms with Crippen LogP contribution in [0, 0.1) is 5.92 Å². The van der Waals surface area contributed by atoms with Crippen LogP contribution in [-0.4, -0.2) is 59.9 Å². The molecule has 11 nitrogen and oxygen atoms in total. The van der Waals surface area contributed by atoms with Crippen LogP contribution in [0.1, 0.15) is 47.4 Å². The van der Waals surface area contributed by atoms with Crippen molar-refractivity contribution in [3.8, 4) is 0 Å². The van der Waals surface area contributed by atoms with Gasteiger partial charge in [-0.2, -0.15) is 31.8 Å². The molecule has 0 spiro atoms. The molecule has 2 aromatic rings. The van der Waals surface area contributed by atoms with E-state index in [1.807, 2.05) is 0 Å². The van der Waals surface area contributed by atoms with Crippen LogP contribution < -0.4 is 16.0 Å². The van der Waals surface area contributed by atoms with Gasteiger partial charge in [0.2, 0.25) is 5.91 Å². The Labute approximate surface area is 254 Å². The summed E-state index contributed by atoms with van der Waals surface area (Å²) >= 11 is 19.0. The number of rotatable bonds is 9. The molecule has 2 atom stereocenters. The molecule has 0 saturated heterocycles. The molecule has 1 fully saturated rings. The summed E-state index contributed by atoms with van der Waals surface area (Å²) in [6, 6.07) is 1.22. The first-order valence-electron chi connectivity index (χ1n) is 12.7. The van der Waals surface area contributed by atoms with E-state index >= 15 is 0 Å². The maximum Gasteiger partial charge on any atom is 0.461 e. The molecule has 3 N–H and O–H groups in total. The summed E-state index contributed by atoms with van der Waals surface area (Å²) in [7, 11) is 0. The molecule has 3 aliphatic rings. The van der Waals surface area contributed by atoms with Gasteiger partial charge in [0.1, 0.15) is 12.2 Å². The predicted octanol–water partition coefficient (Wildman–Crippen LogP) is 3.95. The maximum absolute atomic E-state index is 13.7. The number of halogens is 8. The van der Waals surface area contributed by atoms with Crippen LogP contribution >= 0.6 is 34.8 Å². The third kappa shape index (κ3) is 6.70. The highest BCUT2D eigenvalue weighted by Gasteiger charge is 2.62. The van der Waals surface area contributed by atoms with E-state index < -0.39 is 47.8 Å². The second kappa shape index (κ2) is 11.9. The third-order valence-electron chi connectivity index (χ3n) is 6.55. The first-order chi connectivity index (χ1) is 20.2. The number of dihydropyridines is 1. The van der Waals surface area contributed by atoms with Gasteiger partial charge in [-0.3, -0.25) is 9.59 Å². The second-order valence-electron chi connectivity index (χ2n) is 9.86. The summed E-state index contributed by atoms with van der Waals surface area (Å²) in [5.41, 5.74) is 0.0291. The summed E-state index contributed by atoms with van der Waals surface area (Å²) in [5, 5.41) is 21.5. The summed E-state index contributed by atoms with van der Waals surface area (Å²) in [5.74, 6) is -8.03. The smallest absolute Gasteiger partial charge is 0.365 e. The van der Waals surface area contributed by atoms with Gasteiger partial charge in [0.05, 0.1) is 26.8 Å². The van der Waals surface area contributed by atoms with Crippen LogP contribution in [-0.2, 0) is 17.3 Å². The van der Waals surface area contributed by atoms with Crippen LogP contribution in [0.25, 0.3) is 0 Å². The molecule has 19 heteroatoms. The van der Waals surface area contributed by atoms with E-state index in [0.717, 1.165) is 17.5 Å². The van der Waals surface area contributed by atoms with Crippen LogP contribution in [0.5, 0.6) is 0 Å². The number of hydrogen-bond donors (Lipinski definition) is 3. The summed E-state index contributed by atoms with van der Waals surface area (Å²) in [6.45, 7) is -0.0726. The highest BCUT2D eigenvalue weighted by atomic mass is 35.5. The molecule has 0 aromatic carbocycles. The number of hydrogen-bond acceptors (Lipinski definition) is 7. The lowest BCUT2D eigenvalue weighted by Gasteiger charge is -2.24. The van der Waals surface area contributed by atoms with Crippen molar-refractivity contribution in [3.05, 3.63) is 69.0 Å². The number of aromatic nitrogens is 6. The number of nitrogens with zero attached hydrogens (tertiary/aromatic N) is 6. The first-order valence-corrected chi connectivity index (χ1v) is 13.9. The minimum Gasteiger partial charge on any atom is -0.365 e. The van der Waals surface area contributed by atoms with E-state index in [9.17, 15) is 31.5 Å². The SMILES string of the molecule is O=C(NCC1CC1)C1=C(NC(=O)c2cc(Cn3nnc(C(F)(F)C(F)(F)F)n3)nn2C2NC=CC=C2Cl)C(Cl)=CC(Cl)C1. The van der Waals surface area contributed by atoms with Crippen molar-refractivity contribution in [1.29, 1.82) is 0 Å². The zero-order valence-corrected chi connectivity index (χ0v) is 23.9. The standard InChI is InChI=1S/C24H21Cl3F5N9O2/c25-12-6-14(20(42)34-9-11-3-4-11)18(16(27)7-12)35-21(43)17-8-13(37-41(17)19-15(26)2-1-5-33-19)10-40-38-22(36-39-40)23(28,29)24(30,31)32/h1-2,5,7-8,11-12,19,33H,3-4,6,9-10H2,(H,34,42)(H,35,43). The van der Waals surface area contributed by atoms with E-state index in [0.29, 0.717) is 17.3 Å². The quantitative estimate of drug-likeness (QED) is 0.273. The van der Waals surface area contributed by atoms with Gasteiger partial charge in [0.25, 0.3) is 11.7 Å². The Morgan fingerprint density at radius 2 is 1.86 bits per heavy atom. The molecule has 1 aliphatic heterocycles. The Morgan fingerprint density at radius 1 is 1.12 bits per heavy atom. The Balaban J connectivity index is 1.45. The molecule has 2 aromatic heterocycles. The van der Waals surface area contributed by atoms with Gasteiger partial charge in [-0.25, -0.2) is 4.68 Å². The number of amides is 2. The molecule has 2 unspecified atom stereocenters. The zero-order chi connectivity index (χ0) is 31.1. The molecular formula is C24H21Cl3F5N9O2. The monoisotopic (exact) mass is 667 g/mol. The van der Waals surface area contributed by atoms with Gasteiger partial charge in [-0.1, -0.05) is 23.2 Å². The normalized spacial score (nSPS) is 20.8. The number of nitrogens with one attached hydrogen (secondary N) is 3. The van der Waals surface area contributed by atoms with Crippen LogP contribution in [0.4, 0.5) is 22.0 Å². The predicted molar refractivity (Wildman–Crippen MR) is 143 cm³/mol. The molecule has 2 amide bonds. The number of allylic oxidation sites excluding steroid dienone is 4. The van der Waals surface area contributed by atoms with E-state index in [4.69, 9.17) is 34.8 Å². The maximum atomic E-state index is 13.7.